The molecule has 0 bridgehead atoms. The summed E-state index contributed by atoms with van der Waals surface area (Å²) in [4.78, 5) is 2.16. The summed E-state index contributed by atoms with van der Waals surface area (Å²) in [6, 6.07) is 0. The molecule has 0 unspecified atom stereocenters. The van der Waals surface area contributed by atoms with E-state index in [9.17, 15) is 0 Å². The van der Waals surface area contributed by atoms with Gasteiger partial charge in [-0.3, -0.25) is 0 Å². The van der Waals surface area contributed by atoms with Crippen molar-refractivity contribution in [2.24, 2.45) is 0 Å². The number of hydrogen-bond donors (Lipinski definition) is 0. The zero-order chi connectivity index (χ0) is 7.98. The Morgan fingerprint density at radius 1 is 1.40 bits per heavy atom. The lowest BCUT2D eigenvalue weighted by Gasteiger charge is -2.13. The average Bonchev–Trinajstić information content (AvgIpc) is 1.88. The van der Waals surface area contributed by atoms with Gasteiger partial charge in [-0.25, -0.2) is 0 Å². The fraction of sp³-hybridized carbons (Fsp3) is 0.556. The van der Waals surface area contributed by atoms with E-state index in [0.29, 0.717) is 0 Å². The summed E-state index contributed by atoms with van der Waals surface area (Å²) in [5.41, 5.74) is 1.40. The maximum Gasteiger partial charge on any atom is 0.0377 e. The minimum atomic E-state index is 1.03. The van der Waals surface area contributed by atoms with Crippen molar-refractivity contribution >= 4 is 0 Å². The molecule has 58 valence electrons. The number of rotatable bonds is 3. The van der Waals surface area contributed by atoms with E-state index in [1.165, 1.54) is 5.57 Å². The van der Waals surface area contributed by atoms with Crippen LogP contribution in [-0.4, -0.2) is 18.5 Å². The SMILES string of the molecule is C/C=C\N(C)C/C(C)=C/C. The van der Waals surface area contributed by atoms with E-state index in [2.05, 4.69) is 38.1 Å². The second kappa shape index (κ2) is 5.10. The molecule has 0 saturated heterocycles. The molecule has 0 heterocycles. The predicted molar refractivity (Wildman–Crippen MR) is 46.9 cm³/mol. The van der Waals surface area contributed by atoms with Crippen LogP contribution in [0.3, 0.4) is 0 Å². The summed E-state index contributed by atoms with van der Waals surface area (Å²) < 4.78 is 0. The lowest BCUT2D eigenvalue weighted by molar-refractivity contribution is 0.495. The molecule has 0 N–H and O–H groups in total. The molecular weight excluding hydrogens is 122 g/mol. The molecule has 0 saturated carbocycles. The van der Waals surface area contributed by atoms with E-state index < -0.39 is 0 Å². The van der Waals surface area contributed by atoms with E-state index in [-0.39, 0.29) is 0 Å². The van der Waals surface area contributed by atoms with Gasteiger partial charge in [0.05, 0.1) is 0 Å². The highest BCUT2D eigenvalue weighted by Gasteiger charge is 1.89. The van der Waals surface area contributed by atoms with E-state index in [4.69, 9.17) is 0 Å². The van der Waals surface area contributed by atoms with Gasteiger partial charge in [0.15, 0.2) is 0 Å². The molecule has 0 aromatic heterocycles. The average molecular weight is 139 g/mol. The summed E-state index contributed by atoms with van der Waals surface area (Å²) in [7, 11) is 2.08. The van der Waals surface area contributed by atoms with E-state index in [1.807, 2.05) is 13.0 Å². The van der Waals surface area contributed by atoms with Crippen molar-refractivity contribution in [2.45, 2.75) is 20.8 Å². The Hall–Kier alpha value is -0.720. The minimum Gasteiger partial charge on any atom is -0.377 e. The van der Waals surface area contributed by atoms with Gasteiger partial charge in [0.2, 0.25) is 0 Å². The van der Waals surface area contributed by atoms with Crippen LogP contribution in [0.2, 0.25) is 0 Å². The van der Waals surface area contributed by atoms with Gasteiger partial charge in [0.25, 0.3) is 0 Å². The maximum absolute atomic E-state index is 2.16. The van der Waals surface area contributed by atoms with Gasteiger partial charge in [-0.05, 0) is 27.0 Å². The highest BCUT2D eigenvalue weighted by atomic mass is 15.1. The van der Waals surface area contributed by atoms with Gasteiger partial charge in [-0.2, -0.15) is 0 Å². The molecule has 0 atom stereocenters. The Kier molecular flexibility index (Phi) is 4.73. The molecule has 0 aliphatic rings. The first kappa shape index (κ1) is 9.28. The molecule has 0 aliphatic heterocycles. The maximum atomic E-state index is 2.16. The Morgan fingerprint density at radius 3 is 2.40 bits per heavy atom. The van der Waals surface area contributed by atoms with Gasteiger partial charge in [-0.15, -0.1) is 0 Å². The van der Waals surface area contributed by atoms with Crippen molar-refractivity contribution in [1.29, 1.82) is 0 Å². The number of allylic oxidation sites excluding steroid dienone is 2. The van der Waals surface area contributed by atoms with Gasteiger partial charge in [0.1, 0.15) is 0 Å². The molecule has 1 heteroatoms. The first-order valence-corrected chi connectivity index (χ1v) is 3.65. The third-order valence-electron chi connectivity index (χ3n) is 1.40. The number of nitrogens with zero attached hydrogens (tertiary/aromatic N) is 1. The molecule has 0 aromatic rings. The second-order valence-corrected chi connectivity index (χ2v) is 2.53. The minimum absolute atomic E-state index is 1.03. The topological polar surface area (TPSA) is 3.24 Å². The number of likely N-dealkylation sites (N-methyl/N-ethyl adjacent to an activating group) is 1. The summed E-state index contributed by atoms with van der Waals surface area (Å²) >= 11 is 0. The van der Waals surface area contributed by atoms with Crippen LogP contribution >= 0.6 is 0 Å². The molecule has 0 amide bonds. The zero-order valence-corrected chi connectivity index (χ0v) is 7.39. The van der Waals surface area contributed by atoms with Crippen LogP contribution < -0.4 is 0 Å². The Balaban J connectivity index is 3.68. The lowest BCUT2D eigenvalue weighted by Crippen LogP contribution is -2.12. The van der Waals surface area contributed by atoms with Gasteiger partial charge >= 0.3 is 0 Å². The quantitative estimate of drug-likeness (QED) is 0.543. The predicted octanol–water partition coefficient (Wildman–Crippen LogP) is 2.42. The molecule has 0 rings (SSSR count). The van der Waals surface area contributed by atoms with Crippen molar-refractivity contribution in [3.05, 3.63) is 23.9 Å². The van der Waals surface area contributed by atoms with E-state index in [0.717, 1.165) is 6.54 Å². The molecule has 0 aliphatic carbocycles. The standard InChI is InChI=1S/C9H17N/c1-5-7-10(4)8-9(3)6-2/h5-7H,8H2,1-4H3/b7-5-,9-6+. The summed E-state index contributed by atoms with van der Waals surface area (Å²) in [5, 5.41) is 0. The van der Waals surface area contributed by atoms with Crippen LogP contribution in [-0.2, 0) is 0 Å². The Bertz CT molecular complexity index is 134. The monoisotopic (exact) mass is 139 g/mol. The molecule has 0 spiro atoms. The van der Waals surface area contributed by atoms with Gasteiger partial charge < -0.3 is 4.90 Å². The fourth-order valence-corrected chi connectivity index (χ4v) is 0.792. The first-order valence-electron chi connectivity index (χ1n) is 3.65. The van der Waals surface area contributed by atoms with Gasteiger partial charge in [0, 0.05) is 13.6 Å². The fourth-order valence-electron chi connectivity index (χ4n) is 0.792. The number of hydrogen-bond acceptors (Lipinski definition) is 1. The van der Waals surface area contributed by atoms with Gasteiger partial charge in [-0.1, -0.05) is 17.7 Å². The summed E-state index contributed by atoms with van der Waals surface area (Å²) in [6.45, 7) is 7.27. The molecule has 1 nitrogen and oxygen atoms in total. The van der Waals surface area contributed by atoms with E-state index in [1.54, 1.807) is 0 Å². The summed E-state index contributed by atoms with van der Waals surface area (Å²) in [6.07, 6.45) is 6.26. The Morgan fingerprint density at radius 2 is 2.00 bits per heavy atom. The summed E-state index contributed by atoms with van der Waals surface area (Å²) in [5.74, 6) is 0. The van der Waals surface area contributed by atoms with Crippen LogP contribution in [0.15, 0.2) is 23.9 Å². The smallest absolute Gasteiger partial charge is 0.0377 e. The third-order valence-corrected chi connectivity index (χ3v) is 1.40. The molecule has 0 fully saturated rings. The highest BCUT2D eigenvalue weighted by Crippen LogP contribution is 1.95. The van der Waals surface area contributed by atoms with Crippen LogP contribution in [0.25, 0.3) is 0 Å². The van der Waals surface area contributed by atoms with Crippen LogP contribution in [0.1, 0.15) is 20.8 Å². The lowest BCUT2D eigenvalue weighted by atomic mass is 10.3. The van der Waals surface area contributed by atoms with Crippen LogP contribution in [0.4, 0.5) is 0 Å². The molecular formula is C9H17N. The Labute approximate surface area is 64.0 Å². The van der Waals surface area contributed by atoms with Crippen molar-refractivity contribution in [1.82, 2.24) is 4.90 Å². The van der Waals surface area contributed by atoms with Crippen molar-refractivity contribution in [2.75, 3.05) is 13.6 Å². The third kappa shape index (κ3) is 4.19. The first-order chi connectivity index (χ1) is 4.70. The normalized spacial score (nSPS) is 12.6. The molecule has 0 aromatic carbocycles. The molecule has 10 heavy (non-hydrogen) atoms. The van der Waals surface area contributed by atoms with Crippen molar-refractivity contribution < 1.29 is 0 Å². The van der Waals surface area contributed by atoms with Crippen LogP contribution in [0, 0.1) is 0 Å². The van der Waals surface area contributed by atoms with Crippen LogP contribution in [0.5, 0.6) is 0 Å². The largest absolute Gasteiger partial charge is 0.377 e. The van der Waals surface area contributed by atoms with Crippen molar-refractivity contribution in [3.63, 3.8) is 0 Å². The van der Waals surface area contributed by atoms with Crippen molar-refractivity contribution in [3.8, 4) is 0 Å². The molecule has 0 radical (unpaired) electrons. The second-order valence-electron chi connectivity index (χ2n) is 2.53. The van der Waals surface area contributed by atoms with E-state index >= 15 is 0 Å². The highest BCUT2D eigenvalue weighted by molar-refractivity contribution is 4.99. The zero-order valence-electron chi connectivity index (χ0n) is 7.39.